The maximum Gasteiger partial charge on any atom is 0.413 e. The van der Waals surface area contributed by atoms with Crippen molar-refractivity contribution < 1.29 is 14.3 Å². The number of benzene rings is 1. The fourth-order valence-corrected chi connectivity index (χ4v) is 2.65. The third-order valence-electron chi connectivity index (χ3n) is 3.14. The predicted octanol–water partition coefficient (Wildman–Crippen LogP) is 4.36. The van der Waals surface area contributed by atoms with E-state index in [4.69, 9.17) is 4.74 Å². The maximum atomic E-state index is 11.9. The summed E-state index contributed by atoms with van der Waals surface area (Å²) in [5, 5.41) is 4.94. The van der Waals surface area contributed by atoms with E-state index in [0.717, 1.165) is 11.3 Å². The highest BCUT2D eigenvalue weighted by Crippen LogP contribution is 2.19. The van der Waals surface area contributed by atoms with Gasteiger partial charge in [0, 0.05) is 25.0 Å². The molecule has 1 N–H and O–H groups in total. The van der Waals surface area contributed by atoms with Gasteiger partial charge in [-0.1, -0.05) is 18.2 Å². The molecular weight excluding hydrogens is 350 g/mol. The first kappa shape index (κ1) is 19.7. The summed E-state index contributed by atoms with van der Waals surface area (Å²) in [5.41, 5.74) is 1.78. The maximum absolute atomic E-state index is 11.9. The van der Waals surface area contributed by atoms with Gasteiger partial charge in [0.2, 0.25) is 0 Å². The lowest BCUT2D eigenvalue weighted by molar-refractivity contribution is 0.0635. The lowest BCUT2D eigenvalue weighted by Crippen LogP contribution is -2.27. The molecule has 26 heavy (non-hydrogen) atoms. The van der Waals surface area contributed by atoms with E-state index in [1.165, 1.54) is 11.3 Å². The van der Waals surface area contributed by atoms with Gasteiger partial charge in [0.1, 0.15) is 5.60 Å². The highest BCUT2D eigenvalue weighted by atomic mass is 32.1. The number of aromatic nitrogens is 1. The van der Waals surface area contributed by atoms with Crippen molar-refractivity contribution in [3.8, 4) is 0 Å². The van der Waals surface area contributed by atoms with Crippen LogP contribution in [-0.2, 0) is 4.74 Å². The van der Waals surface area contributed by atoms with Gasteiger partial charge in [-0.15, -0.1) is 11.3 Å². The molecule has 0 atom stereocenters. The van der Waals surface area contributed by atoms with E-state index in [9.17, 15) is 9.59 Å². The molecule has 0 unspecified atom stereocenters. The topological polar surface area (TPSA) is 71.5 Å². The number of nitrogens with one attached hydrogen (secondary N) is 1. The van der Waals surface area contributed by atoms with E-state index in [1.807, 2.05) is 29.7 Å². The van der Waals surface area contributed by atoms with Crippen molar-refractivity contribution in [2.75, 3.05) is 19.4 Å². The summed E-state index contributed by atoms with van der Waals surface area (Å²) >= 11 is 1.32. The van der Waals surface area contributed by atoms with Crippen molar-refractivity contribution >= 4 is 40.6 Å². The Morgan fingerprint density at radius 1 is 1.15 bits per heavy atom. The average Bonchev–Trinajstić information content (AvgIpc) is 2.98. The Hall–Kier alpha value is -2.67. The molecule has 138 valence electrons. The molecule has 2 amide bonds. The molecule has 0 fully saturated rings. The molecular formula is C19H23N3O3S. The first-order chi connectivity index (χ1) is 12.1. The second-order valence-electron chi connectivity index (χ2n) is 6.86. The Kier molecular flexibility index (Phi) is 6.15. The van der Waals surface area contributed by atoms with Gasteiger partial charge in [0.25, 0.3) is 5.91 Å². The summed E-state index contributed by atoms with van der Waals surface area (Å²) in [5.74, 6) is -0.0297. The molecule has 0 aliphatic heterocycles. The molecule has 1 heterocycles. The Bertz CT molecular complexity index is 802. The number of thiazole rings is 1. The van der Waals surface area contributed by atoms with Crippen molar-refractivity contribution in [1.82, 2.24) is 9.88 Å². The average molecular weight is 373 g/mol. The van der Waals surface area contributed by atoms with E-state index in [-0.39, 0.29) is 5.91 Å². The van der Waals surface area contributed by atoms with Gasteiger partial charge in [-0.05, 0) is 44.5 Å². The molecule has 0 aliphatic carbocycles. The highest BCUT2D eigenvalue weighted by Gasteiger charge is 2.17. The first-order valence-electron chi connectivity index (χ1n) is 8.09. The molecule has 0 bridgehead atoms. The van der Waals surface area contributed by atoms with Gasteiger partial charge in [0.15, 0.2) is 5.13 Å². The second kappa shape index (κ2) is 8.14. The van der Waals surface area contributed by atoms with Gasteiger partial charge in [0.05, 0.1) is 5.69 Å². The summed E-state index contributed by atoms with van der Waals surface area (Å²) in [7, 11) is 3.45. The number of carbonyl (C=O) groups excluding carboxylic acids is 2. The summed E-state index contributed by atoms with van der Waals surface area (Å²) in [6, 6.07) is 7.33. The molecule has 7 heteroatoms. The SMILES string of the molecule is CN(C)C(=O)c1ccc(C=Cc2csc(NC(=O)OC(C)(C)C)n2)cc1. The molecule has 0 saturated carbocycles. The van der Waals surface area contributed by atoms with Crippen molar-refractivity contribution in [3.63, 3.8) is 0 Å². The van der Waals surface area contributed by atoms with Gasteiger partial charge in [-0.25, -0.2) is 9.78 Å². The lowest BCUT2D eigenvalue weighted by Gasteiger charge is -2.18. The predicted molar refractivity (Wildman–Crippen MR) is 105 cm³/mol. The third-order valence-corrected chi connectivity index (χ3v) is 3.92. The molecule has 6 nitrogen and oxygen atoms in total. The number of carbonyl (C=O) groups is 2. The fraction of sp³-hybridized carbons (Fsp3) is 0.316. The van der Waals surface area contributed by atoms with Crippen LogP contribution in [0.5, 0.6) is 0 Å². The number of nitrogens with zero attached hydrogens (tertiary/aromatic N) is 2. The Morgan fingerprint density at radius 2 is 1.81 bits per heavy atom. The molecule has 0 radical (unpaired) electrons. The Labute approximate surface area is 157 Å². The minimum Gasteiger partial charge on any atom is -0.444 e. The smallest absolute Gasteiger partial charge is 0.413 e. The summed E-state index contributed by atoms with van der Waals surface area (Å²) < 4.78 is 5.20. The van der Waals surface area contributed by atoms with Crippen LogP contribution >= 0.6 is 11.3 Å². The van der Waals surface area contributed by atoms with Gasteiger partial charge in [-0.2, -0.15) is 0 Å². The van der Waals surface area contributed by atoms with Gasteiger partial charge >= 0.3 is 6.09 Å². The van der Waals surface area contributed by atoms with Crippen molar-refractivity contribution in [3.05, 3.63) is 46.5 Å². The molecule has 0 aliphatic rings. The molecule has 2 rings (SSSR count). The number of rotatable bonds is 4. The molecule has 1 aromatic heterocycles. The number of hydrogen-bond acceptors (Lipinski definition) is 5. The molecule has 0 saturated heterocycles. The van der Waals surface area contributed by atoms with Crippen LogP contribution in [0.25, 0.3) is 12.2 Å². The van der Waals surface area contributed by atoms with E-state index < -0.39 is 11.7 Å². The van der Waals surface area contributed by atoms with E-state index in [2.05, 4.69) is 10.3 Å². The Morgan fingerprint density at radius 3 is 2.38 bits per heavy atom. The van der Waals surface area contributed by atoms with Crippen molar-refractivity contribution in [1.29, 1.82) is 0 Å². The zero-order chi connectivity index (χ0) is 19.3. The quantitative estimate of drug-likeness (QED) is 0.864. The van der Waals surface area contributed by atoms with Crippen LogP contribution in [0.1, 0.15) is 42.4 Å². The van der Waals surface area contributed by atoms with Crippen LogP contribution < -0.4 is 5.32 Å². The van der Waals surface area contributed by atoms with Crippen LogP contribution in [0.15, 0.2) is 29.6 Å². The van der Waals surface area contributed by atoms with Crippen molar-refractivity contribution in [2.45, 2.75) is 26.4 Å². The number of ether oxygens (including phenoxy) is 1. The van der Waals surface area contributed by atoms with Crippen LogP contribution in [0.2, 0.25) is 0 Å². The van der Waals surface area contributed by atoms with Gasteiger partial charge < -0.3 is 9.64 Å². The lowest BCUT2D eigenvalue weighted by atomic mass is 10.1. The first-order valence-corrected chi connectivity index (χ1v) is 8.97. The second-order valence-corrected chi connectivity index (χ2v) is 7.72. The van der Waals surface area contributed by atoms with E-state index in [1.54, 1.807) is 51.9 Å². The zero-order valence-electron chi connectivity index (χ0n) is 15.6. The minimum atomic E-state index is -0.551. The van der Waals surface area contributed by atoms with E-state index in [0.29, 0.717) is 10.7 Å². The van der Waals surface area contributed by atoms with Crippen LogP contribution in [0.4, 0.5) is 9.93 Å². The van der Waals surface area contributed by atoms with Crippen LogP contribution in [0, 0.1) is 0 Å². The largest absolute Gasteiger partial charge is 0.444 e. The summed E-state index contributed by atoms with van der Waals surface area (Å²) in [6.45, 7) is 5.42. The van der Waals surface area contributed by atoms with Crippen molar-refractivity contribution in [2.24, 2.45) is 0 Å². The number of hydrogen-bond donors (Lipinski definition) is 1. The van der Waals surface area contributed by atoms with Gasteiger partial charge in [-0.3, -0.25) is 10.1 Å². The molecule has 1 aromatic carbocycles. The summed E-state index contributed by atoms with van der Waals surface area (Å²) in [6.07, 6.45) is 3.22. The fourth-order valence-electron chi connectivity index (χ4n) is 1.99. The van der Waals surface area contributed by atoms with Crippen LogP contribution in [-0.4, -0.2) is 41.6 Å². The van der Waals surface area contributed by atoms with Crippen LogP contribution in [0.3, 0.4) is 0 Å². The number of anilines is 1. The number of amides is 2. The minimum absolute atomic E-state index is 0.0297. The normalized spacial score (nSPS) is 11.4. The standard InChI is InChI=1S/C19H23N3O3S/c1-19(2,3)25-18(24)21-17-20-15(12-26-17)11-8-13-6-9-14(10-7-13)16(23)22(4)5/h6-12H,1-5H3,(H,20,21,24). The van der Waals surface area contributed by atoms with E-state index >= 15 is 0 Å². The molecule has 0 spiro atoms. The Balaban J connectivity index is 1.98. The highest BCUT2D eigenvalue weighted by molar-refractivity contribution is 7.14. The third kappa shape index (κ3) is 6.00. The molecule has 2 aromatic rings. The summed E-state index contributed by atoms with van der Waals surface area (Å²) in [4.78, 5) is 29.5. The zero-order valence-corrected chi connectivity index (χ0v) is 16.4. The monoisotopic (exact) mass is 373 g/mol.